The summed E-state index contributed by atoms with van der Waals surface area (Å²) in [7, 11) is 0. The van der Waals surface area contributed by atoms with Gasteiger partial charge in [-0.3, -0.25) is 10.1 Å². The second-order valence-corrected chi connectivity index (χ2v) is 7.71. The van der Waals surface area contributed by atoms with E-state index in [-0.39, 0.29) is 5.92 Å². The highest BCUT2D eigenvalue weighted by Gasteiger charge is 2.40. The molecule has 0 amide bonds. The fraction of sp³-hybridized carbons (Fsp3) is 0.333. The summed E-state index contributed by atoms with van der Waals surface area (Å²) >= 11 is 6.32. The summed E-state index contributed by atoms with van der Waals surface area (Å²) in [6.07, 6.45) is 4.52. The number of H-pyrrole nitrogens is 1. The lowest BCUT2D eigenvalue weighted by Gasteiger charge is -2.38. The van der Waals surface area contributed by atoms with E-state index in [4.69, 9.17) is 11.6 Å². The number of nitrogens with zero attached hydrogens (tertiary/aromatic N) is 5. The van der Waals surface area contributed by atoms with Crippen LogP contribution in [0.5, 0.6) is 0 Å². The molecule has 27 heavy (non-hydrogen) atoms. The number of pyridine rings is 2. The van der Waals surface area contributed by atoms with Crippen molar-refractivity contribution in [3.8, 4) is 0 Å². The number of alkyl halides is 1. The number of hydrogen-bond acceptors (Lipinski definition) is 5. The van der Waals surface area contributed by atoms with Crippen LogP contribution in [0, 0.1) is 5.92 Å². The maximum atomic E-state index is 13.7. The molecule has 1 fully saturated rings. The lowest BCUT2D eigenvalue weighted by molar-refractivity contribution is 0.0161. The van der Waals surface area contributed by atoms with E-state index in [1.165, 1.54) is 0 Å². The number of rotatable bonds is 4. The summed E-state index contributed by atoms with van der Waals surface area (Å²) in [5.74, 6) is 0.882. The molecule has 4 aromatic heterocycles. The zero-order valence-electron chi connectivity index (χ0n) is 14.6. The van der Waals surface area contributed by atoms with Gasteiger partial charge in [0.15, 0.2) is 16.6 Å². The molecule has 4 aromatic rings. The van der Waals surface area contributed by atoms with Crippen LogP contribution in [0.25, 0.3) is 22.1 Å². The van der Waals surface area contributed by atoms with E-state index in [1.807, 2.05) is 18.2 Å². The Morgan fingerprint density at radius 1 is 1.41 bits per heavy atom. The number of aromatic amines is 1. The van der Waals surface area contributed by atoms with E-state index in [2.05, 4.69) is 30.6 Å². The number of anilines is 2. The first-order valence-electron chi connectivity index (χ1n) is 8.76. The third-order valence-corrected chi connectivity index (χ3v) is 5.26. The molecule has 1 aliphatic carbocycles. The Kier molecular flexibility index (Phi) is 3.58. The summed E-state index contributed by atoms with van der Waals surface area (Å²) < 4.78 is 15.5. The van der Waals surface area contributed by atoms with Crippen molar-refractivity contribution in [1.82, 2.24) is 29.9 Å². The van der Waals surface area contributed by atoms with Crippen LogP contribution >= 0.6 is 11.6 Å². The van der Waals surface area contributed by atoms with E-state index in [9.17, 15) is 4.39 Å². The Morgan fingerprint density at radius 3 is 3.07 bits per heavy atom. The van der Waals surface area contributed by atoms with Crippen LogP contribution in [0.1, 0.15) is 19.8 Å². The predicted molar refractivity (Wildman–Crippen MR) is 102 cm³/mol. The van der Waals surface area contributed by atoms with Crippen LogP contribution in [0.15, 0.2) is 30.6 Å². The number of nitrogens with one attached hydrogen (secondary N) is 2. The van der Waals surface area contributed by atoms with E-state index >= 15 is 0 Å². The Balaban J connectivity index is 1.43. The monoisotopic (exact) mass is 385 g/mol. The van der Waals surface area contributed by atoms with Crippen molar-refractivity contribution in [2.24, 2.45) is 5.92 Å². The molecular formula is C18H17ClFN7. The second-order valence-electron chi connectivity index (χ2n) is 7.35. The van der Waals surface area contributed by atoms with Crippen molar-refractivity contribution >= 4 is 45.2 Å². The van der Waals surface area contributed by atoms with Gasteiger partial charge in [0, 0.05) is 12.7 Å². The third-order valence-electron chi connectivity index (χ3n) is 4.98. The summed E-state index contributed by atoms with van der Waals surface area (Å²) in [4.78, 5) is 8.84. The number of fused-ring (bicyclic) bond motifs is 2. The van der Waals surface area contributed by atoms with Gasteiger partial charge in [-0.25, -0.2) is 14.1 Å². The highest BCUT2D eigenvalue weighted by atomic mass is 35.5. The van der Waals surface area contributed by atoms with Gasteiger partial charge in [0.1, 0.15) is 11.2 Å². The first kappa shape index (κ1) is 16.4. The van der Waals surface area contributed by atoms with Gasteiger partial charge in [-0.15, -0.1) is 0 Å². The zero-order chi connectivity index (χ0) is 18.6. The third kappa shape index (κ3) is 2.90. The SMILES string of the molecule is CC1(F)CC(Cn2nc(Cl)c3cc(Nc4n[nH]c5cccnc45)cnc32)C1. The molecule has 138 valence electrons. The molecule has 0 radical (unpaired) electrons. The van der Waals surface area contributed by atoms with Crippen molar-refractivity contribution in [1.29, 1.82) is 0 Å². The summed E-state index contributed by atoms with van der Waals surface area (Å²) in [5, 5.41) is 15.9. The first-order chi connectivity index (χ1) is 13.0. The van der Waals surface area contributed by atoms with Crippen LogP contribution in [-0.4, -0.2) is 35.6 Å². The fourth-order valence-electron chi connectivity index (χ4n) is 3.81. The average molecular weight is 386 g/mol. The van der Waals surface area contributed by atoms with Crippen molar-refractivity contribution < 1.29 is 4.39 Å². The maximum absolute atomic E-state index is 13.7. The highest BCUT2D eigenvalue weighted by molar-refractivity contribution is 6.34. The molecule has 4 heterocycles. The average Bonchev–Trinajstić information content (AvgIpc) is 3.15. The maximum Gasteiger partial charge on any atom is 0.178 e. The minimum absolute atomic E-state index is 0.264. The lowest BCUT2D eigenvalue weighted by atomic mass is 9.73. The second kappa shape index (κ2) is 5.88. The van der Waals surface area contributed by atoms with Crippen molar-refractivity contribution in [3.63, 3.8) is 0 Å². The molecule has 5 rings (SSSR count). The van der Waals surface area contributed by atoms with Gasteiger partial charge < -0.3 is 5.32 Å². The lowest BCUT2D eigenvalue weighted by Crippen LogP contribution is -2.39. The Labute approximate surface area is 158 Å². The van der Waals surface area contributed by atoms with E-state index < -0.39 is 5.67 Å². The van der Waals surface area contributed by atoms with E-state index in [1.54, 1.807) is 24.0 Å². The Hall–Kier alpha value is -2.74. The largest absolute Gasteiger partial charge is 0.336 e. The van der Waals surface area contributed by atoms with Gasteiger partial charge in [-0.2, -0.15) is 10.2 Å². The van der Waals surface area contributed by atoms with E-state index in [0.717, 1.165) is 22.1 Å². The first-order valence-corrected chi connectivity index (χ1v) is 9.13. The molecule has 0 aromatic carbocycles. The number of aromatic nitrogens is 6. The molecule has 9 heteroatoms. The molecule has 2 N–H and O–H groups in total. The molecular weight excluding hydrogens is 369 g/mol. The van der Waals surface area contributed by atoms with Gasteiger partial charge in [-0.1, -0.05) is 11.6 Å². The summed E-state index contributed by atoms with van der Waals surface area (Å²) in [6, 6.07) is 5.64. The Morgan fingerprint density at radius 2 is 2.26 bits per heavy atom. The van der Waals surface area contributed by atoms with Crippen LogP contribution in [0.2, 0.25) is 5.15 Å². The molecule has 0 saturated heterocycles. The van der Waals surface area contributed by atoms with Gasteiger partial charge in [0.2, 0.25) is 0 Å². The van der Waals surface area contributed by atoms with Crippen LogP contribution in [0.4, 0.5) is 15.9 Å². The van der Waals surface area contributed by atoms with Gasteiger partial charge in [0.05, 0.1) is 22.8 Å². The van der Waals surface area contributed by atoms with Gasteiger partial charge in [-0.05, 0) is 43.9 Å². The molecule has 1 aliphatic rings. The molecule has 0 unspecified atom stereocenters. The van der Waals surface area contributed by atoms with Crippen molar-refractivity contribution in [2.45, 2.75) is 32.0 Å². The minimum atomic E-state index is -1.05. The minimum Gasteiger partial charge on any atom is -0.336 e. The predicted octanol–water partition coefficient (Wildman–Crippen LogP) is 4.24. The van der Waals surface area contributed by atoms with E-state index in [0.29, 0.717) is 36.0 Å². The Bertz CT molecular complexity index is 1140. The van der Waals surface area contributed by atoms with Crippen LogP contribution < -0.4 is 5.32 Å². The zero-order valence-corrected chi connectivity index (χ0v) is 15.3. The van der Waals surface area contributed by atoms with Crippen molar-refractivity contribution in [3.05, 3.63) is 35.7 Å². The number of hydrogen-bond donors (Lipinski definition) is 2. The summed E-state index contributed by atoms with van der Waals surface area (Å²) in [6.45, 7) is 2.26. The van der Waals surface area contributed by atoms with Crippen molar-refractivity contribution in [2.75, 3.05) is 5.32 Å². The highest BCUT2D eigenvalue weighted by Crippen LogP contribution is 2.42. The standard InChI is InChI=1S/C18H17ClFN7/c1-18(20)6-10(7-18)9-27-17-12(15(19)26-27)5-11(8-22-17)23-16-14-13(24-25-16)3-2-4-21-14/h2-5,8,10H,6-7,9H2,1H3,(H2,23,24,25). The topological polar surface area (TPSA) is 84.3 Å². The number of halogens is 2. The molecule has 0 atom stereocenters. The fourth-order valence-corrected chi connectivity index (χ4v) is 4.04. The van der Waals surface area contributed by atoms with Crippen LogP contribution in [-0.2, 0) is 6.54 Å². The van der Waals surface area contributed by atoms with Gasteiger partial charge in [0.25, 0.3) is 0 Å². The summed E-state index contributed by atoms with van der Waals surface area (Å²) in [5.41, 5.74) is 1.98. The molecule has 0 bridgehead atoms. The molecule has 0 spiro atoms. The van der Waals surface area contributed by atoms with Gasteiger partial charge >= 0.3 is 0 Å². The normalized spacial score (nSPS) is 22.3. The molecule has 7 nitrogen and oxygen atoms in total. The molecule has 0 aliphatic heterocycles. The van der Waals surface area contributed by atoms with Crippen LogP contribution in [0.3, 0.4) is 0 Å². The molecule has 1 saturated carbocycles. The quantitative estimate of drug-likeness (QED) is 0.549. The smallest absolute Gasteiger partial charge is 0.178 e.